The van der Waals surface area contributed by atoms with Crippen LogP contribution in [0.4, 0.5) is 5.69 Å². The monoisotopic (exact) mass is 284 g/mol. The molecule has 0 unspecified atom stereocenters. The minimum Gasteiger partial charge on any atom is -0.497 e. The number of ether oxygens (including phenoxy) is 1. The summed E-state index contributed by atoms with van der Waals surface area (Å²) in [5.41, 5.74) is 2.04. The molecule has 4 heteroatoms. The molecular formula is C17H20N2O2. The first-order chi connectivity index (χ1) is 10.2. The fourth-order valence-electron chi connectivity index (χ4n) is 2.03. The summed E-state index contributed by atoms with van der Waals surface area (Å²) in [6.07, 6.45) is 0. The Bertz CT molecular complexity index is 584. The van der Waals surface area contributed by atoms with Gasteiger partial charge in [0.1, 0.15) is 5.75 Å². The van der Waals surface area contributed by atoms with Gasteiger partial charge in [0.2, 0.25) is 5.91 Å². The number of benzene rings is 2. The first-order valence-corrected chi connectivity index (χ1v) is 6.85. The lowest BCUT2D eigenvalue weighted by atomic mass is 10.2. The molecule has 21 heavy (non-hydrogen) atoms. The molecular weight excluding hydrogens is 264 g/mol. The number of hydrogen-bond acceptors (Lipinski definition) is 3. The normalized spacial score (nSPS) is 10.0. The fraction of sp³-hybridized carbons (Fsp3) is 0.235. The molecule has 2 aromatic rings. The number of rotatable bonds is 6. The summed E-state index contributed by atoms with van der Waals surface area (Å²) in [5, 5.41) is 2.91. The van der Waals surface area contributed by atoms with Gasteiger partial charge in [0.15, 0.2) is 0 Å². The van der Waals surface area contributed by atoms with E-state index in [0.29, 0.717) is 13.1 Å². The molecule has 0 bridgehead atoms. The summed E-state index contributed by atoms with van der Waals surface area (Å²) in [6, 6.07) is 17.5. The van der Waals surface area contributed by atoms with E-state index in [9.17, 15) is 4.79 Å². The number of nitrogens with zero attached hydrogens (tertiary/aromatic N) is 1. The van der Waals surface area contributed by atoms with Crippen LogP contribution in [0.25, 0.3) is 0 Å². The van der Waals surface area contributed by atoms with Crippen LogP contribution in [0.15, 0.2) is 54.6 Å². The Kier molecular flexibility index (Phi) is 5.21. The Morgan fingerprint density at radius 2 is 1.90 bits per heavy atom. The molecule has 0 radical (unpaired) electrons. The topological polar surface area (TPSA) is 41.6 Å². The highest BCUT2D eigenvalue weighted by molar-refractivity contribution is 5.81. The van der Waals surface area contributed by atoms with Crippen molar-refractivity contribution in [3.8, 4) is 5.75 Å². The number of methoxy groups -OCH3 is 1. The Hall–Kier alpha value is -2.49. The predicted octanol–water partition coefficient (Wildman–Crippen LogP) is 2.45. The molecule has 0 atom stereocenters. The lowest BCUT2D eigenvalue weighted by Crippen LogP contribution is -2.34. The van der Waals surface area contributed by atoms with E-state index in [1.165, 1.54) is 0 Å². The predicted molar refractivity (Wildman–Crippen MR) is 84.6 cm³/mol. The van der Waals surface area contributed by atoms with Crippen molar-refractivity contribution in [3.05, 3.63) is 60.2 Å². The van der Waals surface area contributed by atoms with Gasteiger partial charge in [-0.2, -0.15) is 0 Å². The number of carbonyl (C=O) groups is 1. The van der Waals surface area contributed by atoms with Crippen LogP contribution < -0.4 is 15.0 Å². The van der Waals surface area contributed by atoms with E-state index in [0.717, 1.165) is 17.0 Å². The quantitative estimate of drug-likeness (QED) is 0.886. The number of carbonyl (C=O) groups excluding carboxylic acids is 1. The fourth-order valence-corrected chi connectivity index (χ4v) is 2.03. The van der Waals surface area contributed by atoms with E-state index in [2.05, 4.69) is 5.32 Å². The number of nitrogens with one attached hydrogen (secondary N) is 1. The first kappa shape index (κ1) is 14.9. The number of hydrogen-bond donors (Lipinski definition) is 1. The smallest absolute Gasteiger partial charge is 0.239 e. The maximum atomic E-state index is 12.0. The minimum atomic E-state index is -0.0100. The molecule has 1 N–H and O–H groups in total. The Balaban J connectivity index is 1.84. The average molecular weight is 284 g/mol. The molecule has 0 fully saturated rings. The van der Waals surface area contributed by atoms with Gasteiger partial charge in [-0.25, -0.2) is 0 Å². The highest BCUT2D eigenvalue weighted by Gasteiger charge is 2.07. The summed E-state index contributed by atoms with van der Waals surface area (Å²) >= 11 is 0. The van der Waals surface area contributed by atoms with E-state index >= 15 is 0 Å². The minimum absolute atomic E-state index is 0.0100. The van der Waals surface area contributed by atoms with Gasteiger partial charge in [0.05, 0.1) is 13.7 Å². The zero-order chi connectivity index (χ0) is 15.1. The third-order valence-electron chi connectivity index (χ3n) is 3.20. The molecule has 0 spiro atoms. The van der Waals surface area contributed by atoms with Crippen LogP contribution in [0.1, 0.15) is 5.56 Å². The molecule has 2 rings (SSSR count). The molecule has 2 aromatic carbocycles. The number of likely N-dealkylation sites (N-methyl/N-ethyl adjacent to an activating group) is 1. The second-order valence-electron chi connectivity index (χ2n) is 4.82. The molecule has 0 aromatic heterocycles. The summed E-state index contributed by atoms with van der Waals surface area (Å²) in [5.74, 6) is 0.785. The van der Waals surface area contributed by atoms with Gasteiger partial charge in [-0.15, -0.1) is 0 Å². The summed E-state index contributed by atoms with van der Waals surface area (Å²) < 4.78 is 5.16. The molecule has 0 aliphatic heterocycles. The summed E-state index contributed by atoms with van der Waals surface area (Å²) in [6.45, 7) is 0.826. The SMILES string of the molecule is COc1cccc(CNC(=O)CN(C)c2ccccc2)c1. The zero-order valence-electron chi connectivity index (χ0n) is 12.4. The Morgan fingerprint density at radius 3 is 2.62 bits per heavy atom. The maximum Gasteiger partial charge on any atom is 0.239 e. The van der Waals surface area contributed by atoms with Crippen LogP contribution in [0.3, 0.4) is 0 Å². The second kappa shape index (κ2) is 7.33. The van der Waals surface area contributed by atoms with Gasteiger partial charge in [-0.05, 0) is 29.8 Å². The van der Waals surface area contributed by atoms with Crippen molar-refractivity contribution < 1.29 is 9.53 Å². The van der Waals surface area contributed by atoms with Gasteiger partial charge < -0.3 is 15.0 Å². The second-order valence-corrected chi connectivity index (χ2v) is 4.82. The van der Waals surface area contributed by atoms with Crippen molar-refractivity contribution in [2.75, 3.05) is 25.6 Å². The average Bonchev–Trinajstić information content (AvgIpc) is 2.54. The first-order valence-electron chi connectivity index (χ1n) is 6.85. The Labute approximate surface area is 125 Å². The van der Waals surface area contributed by atoms with Crippen molar-refractivity contribution in [2.24, 2.45) is 0 Å². The van der Waals surface area contributed by atoms with Crippen molar-refractivity contribution in [2.45, 2.75) is 6.54 Å². The number of anilines is 1. The van der Waals surface area contributed by atoms with Crippen molar-refractivity contribution in [1.82, 2.24) is 5.32 Å². The highest BCUT2D eigenvalue weighted by Crippen LogP contribution is 2.12. The largest absolute Gasteiger partial charge is 0.497 e. The van der Waals surface area contributed by atoms with Gasteiger partial charge in [0.25, 0.3) is 0 Å². The van der Waals surface area contributed by atoms with Gasteiger partial charge in [0, 0.05) is 19.3 Å². The lowest BCUT2D eigenvalue weighted by Gasteiger charge is -2.18. The van der Waals surface area contributed by atoms with E-state index in [4.69, 9.17) is 4.74 Å². The molecule has 0 aliphatic carbocycles. The van der Waals surface area contributed by atoms with Crippen LogP contribution in [0.2, 0.25) is 0 Å². The molecule has 1 amide bonds. The third-order valence-corrected chi connectivity index (χ3v) is 3.20. The van der Waals surface area contributed by atoms with E-state index in [1.54, 1.807) is 7.11 Å². The molecule has 110 valence electrons. The Morgan fingerprint density at radius 1 is 1.14 bits per heavy atom. The van der Waals surface area contributed by atoms with Crippen molar-refractivity contribution >= 4 is 11.6 Å². The van der Waals surface area contributed by atoms with Crippen LogP contribution >= 0.6 is 0 Å². The third kappa shape index (κ3) is 4.53. The molecule has 0 saturated heterocycles. The van der Waals surface area contributed by atoms with E-state index in [1.807, 2.05) is 66.5 Å². The maximum absolute atomic E-state index is 12.0. The van der Waals surface area contributed by atoms with E-state index < -0.39 is 0 Å². The molecule has 4 nitrogen and oxygen atoms in total. The van der Waals surface area contributed by atoms with Crippen LogP contribution in [0, 0.1) is 0 Å². The zero-order valence-corrected chi connectivity index (χ0v) is 12.4. The van der Waals surface area contributed by atoms with Crippen LogP contribution in [-0.2, 0) is 11.3 Å². The highest BCUT2D eigenvalue weighted by atomic mass is 16.5. The summed E-state index contributed by atoms with van der Waals surface area (Å²) in [7, 11) is 3.53. The summed E-state index contributed by atoms with van der Waals surface area (Å²) in [4.78, 5) is 13.9. The van der Waals surface area contributed by atoms with E-state index in [-0.39, 0.29) is 5.91 Å². The van der Waals surface area contributed by atoms with Crippen LogP contribution in [0.5, 0.6) is 5.75 Å². The van der Waals surface area contributed by atoms with Crippen molar-refractivity contribution in [1.29, 1.82) is 0 Å². The lowest BCUT2D eigenvalue weighted by molar-refractivity contribution is -0.119. The molecule has 0 aliphatic rings. The van der Waals surface area contributed by atoms with Gasteiger partial charge in [-0.1, -0.05) is 30.3 Å². The van der Waals surface area contributed by atoms with Gasteiger partial charge >= 0.3 is 0 Å². The molecule has 0 heterocycles. The standard InChI is InChI=1S/C17H20N2O2/c1-19(15-8-4-3-5-9-15)13-17(20)18-12-14-7-6-10-16(11-14)21-2/h3-11H,12-13H2,1-2H3,(H,18,20). The molecule has 0 saturated carbocycles. The number of amides is 1. The van der Waals surface area contributed by atoms with Gasteiger partial charge in [-0.3, -0.25) is 4.79 Å². The van der Waals surface area contributed by atoms with Crippen molar-refractivity contribution in [3.63, 3.8) is 0 Å². The number of para-hydroxylation sites is 1. The van der Waals surface area contributed by atoms with Crippen LogP contribution in [-0.4, -0.2) is 26.6 Å².